The van der Waals surface area contributed by atoms with Gasteiger partial charge in [-0.15, -0.1) is 0 Å². The molecule has 1 rings (SSSR count). The zero-order valence-corrected chi connectivity index (χ0v) is 9.46. The maximum atomic E-state index is 5.55. The summed E-state index contributed by atoms with van der Waals surface area (Å²) in [6.07, 6.45) is 4.82. The Morgan fingerprint density at radius 3 is 2.71 bits per heavy atom. The Balaban J connectivity index is 2.16. The number of ether oxygens (including phenoxy) is 1. The van der Waals surface area contributed by atoms with Gasteiger partial charge in [-0.25, -0.2) is 0 Å². The first kappa shape index (κ1) is 12.0. The van der Waals surface area contributed by atoms with Gasteiger partial charge in [-0.3, -0.25) is 11.3 Å². The van der Waals surface area contributed by atoms with E-state index < -0.39 is 0 Å². The summed E-state index contributed by atoms with van der Waals surface area (Å²) in [6.45, 7) is 6.38. The van der Waals surface area contributed by atoms with Crippen LogP contribution >= 0.6 is 0 Å². The molecule has 0 aromatic rings. The fraction of sp³-hybridized carbons (Fsp3) is 1.00. The van der Waals surface area contributed by atoms with Crippen molar-refractivity contribution in [3.05, 3.63) is 0 Å². The standard InChI is InChI=1S/C11H24N2O/c1-9(2)3-4-11(13-12)7-10-5-6-14-8-10/h9-11,13H,3-8,12H2,1-2H3. The molecule has 3 nitrogen and oxygen atoms in total. The zero-order chi connectivity index (χ0) is 10.4. The van der Waals surface area contributed by atoms with E-state index >= 15 is 0 Å². The molecule has 0 aromatic heterocycles. The van der Waals surface area contributed by atoms with Crippen LogP contribution in [-0.2, 0) is 4.74 Å². The largest absolute Gasteiger partial charge is 0.381 e. The first-order chi connectivity index (χ1) is 6.72. The molecule has 2 unspecified atom stereocenters. The molecular formula is C11H24N2O. The Kier molecular flexibility index (Phi) is 5.45. The molecule has 1 aliphatic heterocycles. The van der Waals surface area contributed by atoms with Crippen LogP contribution < -0.4 is 11.3 Å². The minimum Gasteiger partial charge on any atom is -0.381 e. The fourth-order valence-corrected chi connectivity index (χ4v) is 1.98. The number of hydrogen-bond acceptors (Lipinski definition) is 3. The second kappa shape index (κ2) is 6.38. The third-order valence-corrected chi connectivity index (χ3v) is 2.97. The Bertz CT molecular complexity index is 144. The average molecular weight is 200 g/mol. The van der Waals surface area contributed by atoms with Gasteiger partial charge in [0.2, 0.25) is 0 Å². The number of hydrogen-bond donors (Lipinski definition) is 2. The molecule has 0 radical (unpaired) electrons. The van der Waals surface area contributed by atoms with E-state index in [1.54, 1.807) is 0 Å². The monoisotopic (exact) mass is 200 g/mol. The molecule has 1 aliphatic rings. The Morgan fingerprint density at radius 2 is 2.21 bits per heavy atom. The molecule has 1 saturated heterocycles. The molecule has 0 bridgehead atoms. The van der Waals surface area contributed by atoms with Gasteiger partial charge in [-0.2, -0.15) is 0 Å². The van der Waals surface area contributed by atoms with E-state index in [1.165, 1.54) is 25.7 Å². The fourth-order valence-electron chi connectivity index (χ4n) is 1.98. The second-order valence-electron chi connectivity index (χ2n) is 4.80. The van der Waals surface area contributed by atoms with Gasteiger partial charge in [0.1, 0.15) is 0 Å². The van der Waals surface area contributed by atoms with Gasteiger partial charge in [0, 0.05) is 19.3 Å². The molecule has 14 heavy (non-hydrogen) atoms. The smallest absolute Gasteiger partial charge is 0.0495 e. The summed E-state index contributed by atoms with van der Waals surface area (Å²) in [5, 5.41) is 0. The Labute approximate surface area is 87.4 Å². The summed E-state index contributed by atoms with van der Waals surface area (Å²) >= 11 is 0. The zero-order valence-electron chi connectivity index (χ0n) is 9.46. The molecule has 0 spiro atoms. The minimum atomic E-state index is 0.476. The Hall–Kier alpha value is -0.120. The summed E-state index contributed by atoms with van der Waals surface area (Å²) in [5.41, 5.74) is 2.93. The van der Waals surface area contributed by atoms with Crippen LogP contribution in [0.5, 0.6) is 0 Å². The maximum Gasteiger partial charge on any atom is 0.0495 e. The SMILES string of the molecule is CC(C)CCC(CC1CCOC1)NN. The van der Waals surface area contributed by atoms with Crippen molar-refractivity contribution in [1.29, 1.82) is 0 Å². The summed E-state index contributed by atoms with van der Waals surface area (Å²) in [7, 11) is 0. The highest BCUT2D eigenvalue weighted by molar-refractivity contribution is 4.73. The van der Waals surface area contributed by atoms with Gasteiger partial charge in [0.25, 0.3) is 0 Å². The van der Waals surface area contributed by atoms with Gasteiger partial charge in [-0.05, 0) is 37.5 Å². The number of nitrogens with one attached hydrogen (secondary N) is 1. The average Bonchev–Trinajstić information content (AvgIpc) is 2.64. The molecule has 84 valence electrons. The van der Waals surface area contributed by atoms with E-state index in [4.69, 9.17) is 10.6 Å². The van der Waals surface area contributed by atoms with Crippen LogP contribution in [0.15, 0.2) is 0 Å². The summed E-state index contributed by atoms with van der Waals surface area (Å²) in [5.74, 6) is 7.04. The van der Waals surface area contributed by atoms with Crippen molar-refractivity contribution in [1.82, 2.24) is 5.43 Å². The lowest BCUT2D eigenvalue weighted by Crippen LogP contribution is -2.37. The van der Waals surface area contributed by atoms with Crippen LogP contribution in [0.25, 0.3) is 0 Å². The topological polar surface area (TPSA) is 47.3 Å². The van der Waals surface area contributed by atoms with Gasteiger partial charge < -0.3 is 4.74 Å². The van der Waals surface area contributed by atoms with Crippen LogP contribution in [0.4, 0.5) is 0 Å². The normalized spacial score (nSPS) is 24.4. The predicted molar refractivity (Wildman–Crippen MR) is 58.7 cm³/mol. The lowest BCUT2D eigenvalue weighted by molar-refractivity contribution is 0.180. The van der Waals surface area contributed by atoms with Crippen molar-refractivity contribution in [3.63, 3.8) is 0 Å². The van der Waals surface area contributed by atoms with Crippen molar-refractivity contribution in [2.24, 2.45) is 17.7 Å². The van der Waals surface area contributed by atoms with Crippen molar-refractivity contribution < 1.29 is 4.74 Å². The highest BCUT2D eigenvalue weighted by Crippen LogP contribution is 2.20. The highest BCUT2D eigenvalue weighted by Gasteiger charge is 2.19. The molecular weight excluding hydrogens is 176 g/mol. The Morgan fingerprint density at radius 1 is 1.43 bits per heavy atom. The van der Waals surface area contributed by atoms with Gasteiger partial charge in [-0.1, -0.05) is 13.8 Å². The van der Waals surface area contributed by atoms with Gasteiger partial charge in [0.15, 0.2) is 0 Å². The first-order valence-electron chi connectivity index (χ1n) is 5.76. The quantitative estimate of drug-likeness (QED) is 0.506. The first-order valence-corrected chi connectivity index (χ1v) is 5.76. The molecule has 3 N–H and O–H groups in total. The number of nitrogens with two attached hydrogens (primary N) is 1. The summed E-state index contributed by atoms with van der Waals surface area (Å²) in [6, 6.07) is 0.476. The van der Waals surface area contributed by atoms with E-state index in [9.17, 15) is 0 Å². The van der Waals surface area contributed by atoms with Crippen LogP contribution in [0.2, 0.25) is 0 Å². The van der Waals surface area contributed by atoms with Crippen LogP contribution in [0.3, 0.4) is 0 Å². The molecule has 0 aromatic carbocycles. The third-order valence-electron chi connectivity index (χ3n) is 2.97. The van der Waals surface area contributed by atoms with Gasteiger partial charge in [0.05, 0.1) is 0 Å². The van der Waals surface area contributed by atoms with E-state index in [0.717, 1.165) is 25.0 Å². The van der Waals surface area contributed by atoms with Crippen molar-refractivity contribution in [2.45, 2.75) is 45.6 Å². The molecule has 0 aliphatic carbocycles. The number of hydrazine groups is 1. The lowest BCUT2D eigenvalue weighted by Gasteiger charge is -2.19. The molecule has 3 heteroatoms. The van der Waals surface area contributed by atoms with Crippen LogP contribution in [0.1, 0.15) is 39.5 Å². The summed E-state index contributed by atoms with van der Waals surface area (Å²) in [4.78, 5) is 0. The number of rotatable bonds is 6. The van der Waals surface area contributed by atoms with E-state index in [2.05, 4.69) is 19.3 Å². The maximum absolute atomic E-state index is 5.55. The van der Waals surface area contributed by atoms with Crippen molar-refractivity contribution in [2.75, 3.05) is 13.2 Å². The van der Waals surface area contributed by atoms with Crippen molar-refractivity contribution >= 4 is 0 Å². The van der Waals surface area contributed by atoms with E-state index in [-0.39, 0.29) is 0 Å². The van der Waals surface area contributed by atoms with Crippen LogP contribution in [-0.4, -0.2) is 19.3 Å². The molecule has 1 fully saturated rings. The molecule has 2 atom stereocenters. The summed E-state index contributed by atoms with van der Waals surface area (Å²) < 4.78 is 5.36. The lowest BCUT2D eigenvalue weighted by atomic mass is 9.94. The third kappa shape index (κ3) is 4.40. The molecule has 1 heterocycles. The molecule has 0 saturated carbocycles. The van der Waals surface area contributed by atoms with Crippen molar-refractivity contribution in [3.8, 4) is 0 Å². The van der Waals surface area contributed by atoms with E-state index in [0.29, 0.717) is 6.04 Å². The highest BCUT2D eigenvalue weighted by atomic mass is 16.5. The van der Waals surface area contributed by atoms with E-state index in [1.807, 2.05) is 0 Å². The second-order valence-corrected chi connectivity index (χ2v) is 4.80. The minimum absolute atomic E-state index is 0.476. The van der Waals surface area contributed by atoms with Crippen LogP contribution in [0, 0.1) is 11.8 Å². The molecule has 0 amide bonds. The van der Waals surface area contributed by atoms with Gasteiger partial charge >= 0.3 is 0 Å². The predicted octanol–water partition coefficient (Wildman–Crippen LogP) is 1.68.